The standard InChI is InChI=1S/C23H28N2O4/c1-25(2)22(27)23(13-5-6-14-23)17-8-10-18(11-9-17)24-21(26)16-7-12-19(28-3)20(15-16)29-4/h7-12,15H,5-6,13-14H2,1-4H3,(H,24,26). The van der Waals surface area contributed by atoms with Crippen molar-refractivity contribution in [2.24, 2.45) is 0 Å². The maximum atomic E-state index is 12.9. The van der Waals surface area contributed by atoms with Gasteiger partial charge in [0.15, 0.2) is 11.5 Å². The molecule has 3 rings (SSSR count). The SMILES string of the molecule is COc1ccc(C(=O)Nc2ccc(C3(C(=O)N(C)C)CCCC3)cc2)cc1OC. The van der Waals surface area contributed by atoms with Gasteiger partial charge in [-0.15, -0.1) is 0 Å². The summed E-state index contributed by atoms with van der Waals surface area (Å²) in [6, 6.07) is 12.7. The average molecular weight is 396 g/mol. The Balaban J connectivity index is 1.78. The molecule has 2 aromatic rings. The largest absolute Gasteiger partial charge is 0.493 e. The lowest BCUT2D eigenvalue weighted by Gasteiger charge is -2.31. The Labute approximate surface area is 171 Å². The van der Waals surface area contributed by atoms with E-state index in [2.05, 4.69) is 5.32 Å². The summed E-state index contributed by atoms with van der Waals surface area (Å²) in [7, 11) is 6.70. The van der Waals surface area contributed by atoms with E-state index in [4.69, 9.17) is 9.47 Å². The Morgan fingerprint density at radius 3 is 2.10 bits per heavy atom. The molecule has 0 heterocycles. The lowest BCUT2D eigenvalue weighted by atomic mass is 9.77. The minimum absolute atomic E-state index is 0.150. The van der Waals surface area contributed by atoms with Gasteiger partial charge in [-0.05, 0) is 48.7 Å². The number of carbonyl (C=O) groups is 2. The topological polar surface area (TPSA) is 67.9 Å². The molecular weight excluding hydrogens is 368 g/mol. The summed E-state index contributed by atoms with van der Waals surface area (Å²) in [6.45, 7) is 0. The predicted octanol–water partition coefficient (Wildman–Crippen LogP) is 3.86. The number of rotatable bonds is 6. The highest BCUT2D eigenvalue weighted by molar-refractivity contribution is 6.04. The zero-order valence-electron chi connectivity index (χ0n) is 17.5. The van der Waals surface area contributed by atoms with E-state index in [-0.39, 0.29) is 11.8 Å². The predicted molar refractivity (Wildman–Crippen MR) is 113 cm³/mol. The third-order valence-electron chi connectivity index (χ3n) is 5.61. The number of hydrogen-bond donors (Lipinski definition) is 1. The van der Waals surface area contributed by atoms with Crippen LogP contribution >= 0.6 is 0 Å². The molecule has 0 unspecified atom stereocenters. The molecule has 0 radical (unpaired) electrons. The number of carbonyl (C=O) groups excluding carboxylic acids is 2. The first-order chi connectivity index (χ1) is 13.9. The first kappa shape index (κ1) is 20.7. The second-order valence-corrected chi connectivity index (χ2v) is 7.59. The Hall–Kier alpha value is -3.02. The van der Waals surface area contributed by atoms with Gasteiger partial charge in [0.2, 0.25) is 5.91 Å². The van der Waals surface area contributed by atoms with Crippen molar-refractivity contribution in [3.8, 4) is 11.5 Å². The van der Waals surface area contributed by atoms with Gasteiger partial charge in [0.1, 0.15) is 0 Å². The average Bonchev–Trinajstić information content (AvgIpc) is 3.24. The summed E-state index contributed by atoms with van der Waals surface area (Å²) in [5.41, 5.74) is 1.72. The molecule has 0 bridgehead atoms. The number of likely N-dealkylation sites (N-methyl/N-ethyl adjacent to an activating group) is 1. The van der Waals surface area contributed by atoms with Crippen molar-refractivity contribution in [2.75, 3.05) is 33.6 Å². The molecule has 1 saturated carbocycles. The zero-order chi connectivity index (χ0) is 21.0. The number of anilines is 1. The lowest BCUT2D eigenvalue weighted by molar-refractivity contribution is -0.134. The van der Waals surface area contributed by atoms with Gasteiger partial charge in [-0.3, -0.25) is 9.59 Å². The van der Waals surface area contributed by atoms with E-state index in [0.717, 1.165) is 31.2 Å². The normalized spacial score (nSPS) is 14.9. The summed E-state index contributed by atoms with van der Waals surface area (Å²) in [4.78, 5) is 27.2. The van der Waals surface area contributed by atoms with Crippen molar-refractivity contribution in [3.63, 3.8) is 0 Å². The Kier molecular flexibility index (Phi) is 6.11. The number of methoxy groups -OCH3 is 2. The lowest BCUT2D eigenvalue weighted by Crippen LogP contribution is -2.41. The van der Waals surface area contributed by atoms with Gasteiger partial charge in [-0.1, -0.05) is 25.0 Å². The monoisotopic (exact) mass is 396 g/mol. The van der Waals surface area contributed by atoms with Crippen molar-refractivity contribution in [1.29, 1.82) is 0 Å². The van der Waals surface area contributed by atoms with Crippen LogP contribution in [0.15, 0.2) is 42.5 Å². The molecule has 6 nitrogen and oxygen atoms in total. The first-order valence-electron chi connectivity index (χ1n) is 9.77. The van der Waals surface area contributed by atoms with E-state index in [1.807, 2.05) is 24.3 Å². The highest BCUT2D eigenvalue weighted by Crippen LogP contribution is 2.42. The van der Waals surface area contributed by atoms with Crippen molar-refractivity contribution in [1.82, 2.24) is 4.90 Å². The number of amides is 2. The molecule has 29 heavy (non-hydrogen) atoms. The van der Waals surface area contributed by atoms with Crippen LogP contribution in [0.4, 0.5) is 5.69 Å². The highest BCUT2D eigenvalue weighted by Gasteiger charge is 2.43. The van der Waals surface area contributed by atoms with Gasteiger partial charge in [0.25, 0.3) is 5.91 Å². The van der Waals surface area contributed by atoms with Crippen molar-refractivity contribution in [2.45, 2.75) is 31.1 Å². The van der Waals surface area contributed by atoms with Crippen molar-refractivity contribution < 1.29 is 19.1 Å². The number of nitrogens with one attached hydrogen (secondary N) is 1. The molecule has 1 fully saturated rings. The minimum Gasteiger partial charge on any atom is -0.493 e. The maximum absolute atomic E-state index is 12.9. The number of ether oxygens (including phenoxy) is 2. The molecule has 1 N–H and O–H groups in total. The minimum atomic E-state index is -0.449. The van der Waals surface area contributed by atoms with Crippen LogP contribution < -0.4 is 14.8 Å². The molecule has 0 saturated heterocycles. The molecule has 6 heteroatoms. The van der Waals surface area contributed by atoms with Gasteiger partial charge in [0.05, 0.1) is 19.6 Å². The van der Waals surface area contributed by atoms with Gasteiger partial charge in [-0.2, -0.15) is 0 Å². The van der Waals surface area contributed by atoms with Gasteiger partial charge < -0.3 is 19.7 Å². The number of benzene rings is 2. The number of hydrogen-bond acceptors (Lipinski definition) is 4. The van der Waals surface area contributed by atoms with E-state index in [1.54, 1.807) is 44.3 Å². The zero-order valence-corrected chi connectivity index (χ0v) is 17.5. The van der Waals surface area contributed by atoms with E-state index in [0.29, 0.717) is 22.7 Å². The smallest absolute Gasteiger partial charge is 0.255 e. The number of nitrogens with zero attached hydrogens (tertiary/aromatic N) is 1. The molecular formula is C23H28N2O4. The van der Waals surface area contributed by atoms with Gasteiger partial charge >= 0.3 is 0 Å². The van der Waals surface area contributed by atoms with Crippen LogP contribution in [-0.4, -0.2) is 45.0 Å². The fourth-order valence-electron chi connectivity index (χ4n) is 4.09. The maximum Gasteiger partial charge on any atom is 0.255 e. The second kappa shape index (κ2) is 8.55. The summed E-state index contributed by atoms with van der Waals surface area (Å²) >= 11 is 0. The van der Waals surface area contributed by atoms with E-state index >= 15 is 0 Å². The fraction of sp³-hybridized carbons (Fsp3) is 0.391. The summed E-state index contributed by atoms with van der Waals surface area (Å²) in [6.07, 6.45) is 3.83. The molecule has 1 aliphatic carbocycles. The van der Waals surface area contributed by atoms with E-state index in [9.17, 15) is 9.59 Å². The summed E-state index contributed by atoms with van der Waals surface area (Å²) in [5.74, 6) is 0.984. The summed E-state index contributed by atoms with van der Waals surface area (Å²) in [5, 5.41) is 2.90. The molecule has 0 atom stereocenters. The van der Waals surface area contributed by atoms with Crippen molar-refractivity contribution in [3.05, 3.63) is 53.6 Å². The second-order valence-electron chi connectivity index (χ2n) is 7.59. The third kappa shape index (κ3) is 4.06. The first-order valence-corrected chi connectivity index (χ1v) is 9.77. The Morgan fingerprint density at radius 1 is 0.931 bits per heavy atom. The van der Waals surface area contributed by atoms with Gasteiger partial charge in [0, 0.05) is 25.3 Å². The fourth-order valence-corrected chi connectivity index (χ4v) is 4.09. The highest BCUT2D eigenvalue weighted by atomic mass is 16.5. The van der Waals surface area contributed by atoms with Crippen LogP contribution in [0, 0.1) is 0 Å². The Bertz CT molecular complexity index is 884. The van der Waals surface area contributed by atoms with Crippen molar-refractivity contribution >= 4 is 17.5 Å². The van der Waals surface area contributed by atoms with Crippen LogP contribution in [0.5, 0.6) is 11.5 Å². The quantitative estimate of drug-likeness (QED) is 0.805. The summed E-state index contributed by atoms with van der Waals surface area (Å²) < 4.78 is 10.5. The molecule has 1 aliphatic rings. The molecule has 0 spiro atoms. The van der Waals surface area contributed by atoms with Crippen LogP contribution in [0.25, 0.3) is 0 Å². The van der Waals surface area contributed by atoms with Gasteiger partial charge in [-0.25, -0.2) is 0 Å². The van der Waals surface area contributed by atoms with Crippen LogP contribution in [0.1, 0.15) is 41.6 Å². The molecule has 2 aromatic carbocycles. The molecule has 0 aliphatic heterocycles. The molecule has 154 valence electrons. The van der Waals surface area contributed by atoms with Crippen LogP contribution in [-0.2, 0) is 10.2 Å². The molecule has 2 amide bonds. The van der Waals surface area contributed by atoms with E-state index in [1.165, 1.54) is 7.11 Å². The van der Waals surface area contributed by atoms with Crippen LogP contribution in [0.2, 0.25) is 0 Å². The third-order valence-corrected chi connectivity index (χ3v) is 5.61. The Morgan fingerprint density at radius 2 is 1.55 bits per heavy atom. The van der Waals surface area contributed by atoms with Crippen LogP contribution in [0.3, 0.4) is 0 Å². The van der Waals surface area contributed by atoms with E-state index < -0.39 is 5.41 Å². The molecule has 0 aromatic heterocycles.